The summed E-state index contributed by atoms with van der Waals surface area (Å²) in [5, 5.41) is 0. The smallest absolute Gasteiger partial charge is 0.228 e. The van der Waals surface area contributed by atoms with Crippen molar-refractivity contribution in [1.29, 1.82) is 0 Å². The van der Waals surface area contributed by atoms with E-state index in [-0.39, 0.29) is 11.3 Å². The summed E-state index contributed by atoms with van der Waals surface area (Å²) in [4.78, 5) is 22.3. The Morgan fingerprint density at radius 2 is 2.17 bits per heavy atom. The van der Waals surface area contributed by atoms with Gasteiger partial charge in [0.1, 0.15) is 11.5 Å². The van der Waals surface area contributed by atoms with Gasteiger partial charge in [-0.25, -0.2) is 14.4 Å². The van der Waals surface area contributed by atoms with E-state index in [1.54, 1.807) is 18.0 Å². The number of allylic oxidation sites excluding steroid dienone is 3. The van der Waals surface area contributed by atoms with Gasteiger partial charge < -0.3 is 0 Å². The molecule has 5 heteroatoms. The second-order valence-corrected chi connectivity index (χ2v) is 6.42. The molecule has 120 valence electrons. The van der Waals surface area contributed by atoms with E-state index in [0.717, 1.165) is 6.42 Å². The maximum Gasteiger partial charge on any atom is 0.228 e. The Labute approximate surface area is 136 Å². The number of carbonyl (C=O) groups excluding carboxylic acids is 1. The van der Waals surface area contributed by atoms with Crippen LogP contribution in [0, 0.1) is 17.3 Å². The first-order valence-electron chi connectivity index (χ1n) is 7.44. The van der Waals surface area contributed by atoms with Crippen molar-refractivity contribution in [3.8, 4) is 11.8 Å². The molecular weight excluding hydrogens is 293 g/mol. The molecule has 1 fully saturated rings. The second-order valence-electron chi connectivity index (χ2n) is 6.42. The maximum atomic E-state index is 12.6. The lowest BCUT2D eigenvalue weighted by Gasteiger charge is -2.35. The molecule has 0 atom stereocenters. The van der Waals surface area contributed by atoms with Gasteiger partial charge in [0.25, 0.3) is 0 Å². The van der Waals surface area contributed by atoms with Crippen LogP contribution in [0.25, 0.3) is 0 Å². The minimum absolute atomic E-state index is 0.0384. The second kappa shape index (κ2) is 6.74. The SMILES string of the molecule is C=C(F)/C=C(\C)C#Cc1cnc(N2CCC(C)(C)CC2=O)cn1. The van der Waals surface area contributed by atoms with E-state index in [9.17, 15) is 9.18 Å². The summed E-state index contributed by atoms with van der Waals surface area (Å²) in [5.41, 5.74) is 1.06. The lowest BCUT2D eigenvalue weighted by Crippen LogP contribution is -2.42. The minimum Gasteiger partial charge on any atom is -0.296 e. The van der Waals surface area contributed by atoms with Gasteiger partial charge >= 0.3 is 0 Å². The molecule has 1 amide bonds. The van der Waals surface area contributed by atoms with E-state index >= 15 is 0 Å². The summed E-state index contributed by atoms with van der Waals surface area (Å²) < 4.78 is 12.6. The third-order valence-corrected chi connectivity index (χ3v) is 3.62. The largest absolute Gasteiger partial charge is 0.296 e. The number of carbonyl (C=O) groups is 1. The van der Waals surface area contributed by atoms with Crippen LogP contribution in [0.2, 0.25) is 0 Å². The van der Waals surface area contributed by atoms with Crippen LogP contribution < -0.4 is 4.90 Å². The number of piperidine rings is 1. The Bertz CT molecular complexity index is 708. The molecule has 1 saturated heterocycles. The number of rotatable bonds is 2. The average molecular weight is 313 g/mol. The van der Waals surface area contributed by atoms with Gasteiger partial charge in [0.15, 0.2) is 5.82 Å². The number of nitrogens with zero attached hydrogens (tertiary/aromatic N) is 3. The summed E-state index contributed by atoms with van der Waals surface area (Å²) in [6.45, 7) is 9.67. The van der Waals surface area contributed by atoms with Gasteiger partial charge in [0.2, 0.25) is 5.91 Å². The van der Waals surface area contributed by atoms with Gasteiger partial charge in [-0.15, -0.1) is 0 Å². The number of anilines is 1. The molecule has 0 saturated carbocycles. The summed E-state index contributed by atoms with van der Waals surface area (Å²) in [6, 6.07) is 0. The number of amides is 1. The zero-order chi connectivity index (χ0) is 17.0. The van der Waals surface area contributed by atoms with Crippen molar-refractivity contribution in [3.05, 3.63) is 42.1 Å². The molecule has 0 bridgehead atoms. The van der Waals surface area contributed by atoms with E-state index < -0.39 is 5.83 Å². The normalized spacial score (nSPS) is 17.5. The highest BCUT2D eigenvalue weighted by Gasteiger charge is 2.32. The molecule has 4 nitrogen and oxygen atoms in total. The summed E-state index contributed by atoms with van der Waals surface area (Å²) >= 11 is 0. The zero-order valence-electron chi connectivity index (χ0n) is 13.7. The third-order valence-electron chi connectivity index (χ3n) is 3.62. The van der Waals surface area contributed by atoms with Gasteiger partial charge in [-0.1, -0.05) is 26.3 Å². The number of halogens is 1. The molecule has 0 unspecified atom stereocenters. The predicted octanol–water partition coefficient (Wildman–Crippen LogP) is 3.41. The number of hydrogen-bond acceptors (Lipinski definition) is 3. The Balaban J connectivity index is 2.10. The Hall–Kier alpha value is -2.48. The fourth-order valence-electron chi connectivity index (χ4n) is 2.33. The highest BCUT2D eigenvalue weighted by molar-refractivity contribution is 5.93. The van der Waals surface area contributed by atoms with Crippen LogP contribution in [0.1, 0.15) is 39.3 Å². The van der Waals surface area contributed by atoms with E-state index in [0.29, 0.717) is 30.1 Å². The molecule has 23 heavy (non-hydrogen) atoms. The maximum absolute atomic E-state index is 12.6. The minimum atomic E-state index is -0.537. The molecule has 2 rings (SSSR count). The first kappa shape index (κ1) is 16.9. The standard InChI is InChI=1S/C18H20FN3O/c1-13(9-14(2)19)5-6-15-11-21-16(12-20-15)22-8-7-18(3,4)10-17(22)23/h9,11-12H,2,7-8,10H2,1,3-4H3/b13-9+. The van der Waals surface area contributed by atoms with Crippen LogP contribution in [-0.2, 0) is 4.79 Å². The van der Waals surface area contributed by atoms with Crippen molar-refractivity contribution in [2.45, 2.75) is 33.6 Å². The highest BCUT2D eigenvalue weighted by atomic mass is 19.1. The molecule has 0 radical (unpaired) electrons. The summed E-state index contributed by atoms with van der Waals surface area (Å²) in [6.07, 6.45) is 5.76. The van der Waals surface area contributed by atoms with Crippen LogP contribution in [0.15, 0.2) is 36.4 Å². The van der Waals surface area contributed by atoms with Gasteiger partial charge in [-0.2, -0.15) is 0 Å². The van der Waals surface area contributed by atoms with E-state index in [1.165, 1.54) is 12.3 Å². The monoisotopic (exact) mass is 313 g/mol. The van der Waals surface area contributed by atoms with E-state index in [4.69, 9.17) is 0 Å². The first-order valence-corrected chi connectivity index (χ1v) is 7.44. The first-order chi connectivity index (χ1) is 10.8. The fourth-order valence-corrected chi connectivity index (χ4v) is 2.33. The zero-order valence-corrected chi connectivity index (χ0v) is 13.7. The average Bonchev–Trinajstić information content (AvgIpc) is 2.44. The van der Waals surface area contributed by atoms with Crippen molar-refractivity contribution in [2.75, 3.05) is 11.4 Å². The molecule has 1 aliphatic heterocycles. The van der Waals surface area contributed by atoms with Crippen molar-refractivity contribution in [3.63, 3.8) is 0 Å². The number of hydrogen-bond donors (Lipinski definition) is 0. The van der Waals surface area contributed by atoms with Crippen molar-refractivity contribution < 1.29 is 9.18 Å². The Morgan fingerprint density at radius 3 is 2.74 bits per heavy atom. The van der Waals surface area contributed by atoms with Gasteiger partial charge in [-0.05, 0) is 30.8 Å². The van der Waals surface area contributed by atoms with Gasteiger partial charge in [-0.3, -0.25) is 9.69 Å². The van der Waals surface area contributed by atoms with Crippen molar-refractivity contribution in [2.24, 2.45) is 5.41 Å². The molecule has 0 N–H and O–H groups in total. The summed E-state index contributed by atoms with van der Waals surface area (Å²) in [5.74, 6) is 5.65. The lowest BCUT2D eigenvalue weighted by molar-refractivity contribution is -0.122. The van der Waals surface area contributed by atoms with Crippen LogP contribution in [0.4, 0.5) is 10.2 Å². The number of aromatic nitrogens is 2. The molecule has 2 heterocycles. The van der Waals surface area contributed by atoms with Crippen LogP contribution >= 0.6 is 0 Å². The summed E-state index contributed by atoms with van der Waals surface area (Å²) in [7, 11) is 0. The van der Waals surface area contributed by atoms with Gasteiger partial charge in [0, 0.05) is 18.5 Å². The third kappa shape index (κ3) is 4.75. The predicted molar refractivity (Wildman–Crippen MR) is 88.3 cm³/mol. The molecule has 1 aliphatic rings. The van der Waals surface area contributed by atoms with Crippen molar-refractivity contribution >= 4 is 11.7 Å². The lowest BCUT2D eigenvalue weighted by atomic mass is 9.82. The van der Waals surface area contributed by atoms with E-state index in [2.05, 4.69) is 42.2 Å². The fraction of sp³-hybridized carbons (Fsp3) is 0.389. The van der Waals surface area contributed by atoms with Crippen LogP contribution in [-0.4, -0.2) is 22.4 Å². The molecular formula is C18H20FN3O. The molecule has 1 aromatic heterocycles. The Morgan fingerprint density at radius 1 is 1.43 bits per heavy atom. The highest BCUT2D eigenvalue weighted by Crippen LogP contribution is 2.32. The van der Waals surface area contributed by atoms with E-state index in [1.807, 2.05) is 0 Å². The van der Waals surface area contributed by atoms with Gasteiger partial charge in [0.05, 0.1) is 12.4 Å². The molecule has 0 aliphatic carbocycles. The van der Waals surface area contributed by atoms with Crippen LogP contribution in [0.3, 0.4) is 0 Å². The van der Waals surface area contributed by atoms with Crippen LogP contribution in [0.5, 0.6) is 0 Å². The Kier molecular flexibility index (Phi) is 4.95. The van der Waals surface area contributed by atoms with Crippen molar-refractivity contribution in [1.82, 2.24) is 9.97 Å². The molecule has 0 spiro atoms. The topological polar surface area (TPSA) is 46.1 Å². The molecule has 1 aromatic rings. The quantitative estimate of drug-likeness (QED) is 0.621. The molecule has 0 aromatic carbocycles.